The number of imide groups is 1. The second-order valence-electron chi connectivity index (χ2n) is 4.84. The molecule has 3 amide bonds. The molecule has 0 aliphatic carbocycles. The van der Waals surface area contributed by atoms with Crippen LogP contribution in [-0.2, 0) is 11.3 Å². The quantitative estimate of drug-likeness (QED) is 0.699. The molecule has 0 bridgehead atoms. The van der Waals surface area contributed by atoms with Crippen LogP contribution in [0.25, 0.3) is 0 Å². The second-order valence-corrected chi connectivity index (χ2v) is 4.84. The molecule has 0 aliphatic rings. The number of ether oxygens (including phenoxy) is 1. The lowest BCUT2D eigenvalue weighted by molar-refractivity contribution is -0.908. The normalized spacial score (nSPS) is 13.4. The number of benzene rings is 1. The lowest BCUT2D eigenvalue weighted by Gasteiger charge is -2.20. The average molecular weight is 316 g/mol. The predicted molar refractivity (Wildman–Crippen MR) is 75.7 cm³/mol. The third-order valence-electron chi connectivity index (χ3n) is 3.23. The number of nitrogens with one attached hydrogen (secondary N) is 3. The van der Waals surface area contributed by atoms with Crippen molar-refractivity contribution in [3.63, 3.8) is 0 Å². The molecule has 6 nitrogen and oxygen atoms in total. The van der Waals surface area contributed by atoms with Crippen LogP contribution in [0.15, 0.2) is 24.3 Å². The van der Waals surface area contributed by atoms with Crippen molar-refractivity contribution in [2.75, 3.05) is 14.1 Å². The summed E-state index contributed by atoms with van der Waals surface area (Å²) < 4.78 is 28.4. The van der Waals surface area contributed by atoms with Gasteiger partial charge in [-0.05, 0) is 31.2 Å². The van der Waals surface area contributed by atoms with Gasteiger partial charge in [-0.25, -0.2) is 4.79 Å². The van der Waals surface area contributed by atoms with Crippen molar-refractivity contribution in [1.82, 2.24) is 10.6 Å². The molecular weight excluding hydrogens is 296 g/mol. The number of carbonyl (C=O) groups excluding carboxylic acids is 2. The smallest absolute Gasteiger partial charge is 0.387 e. The number of halogens is 2. The van der Waals surface area contributed by atoms with Crippen LogP contribution in [-0.4, -0.2) is 38.7 Å². The number of urea groups is 1. The molecule has 122 valence electrons. The molecule has 0 radical (unpaired) electrons. The minimum Gasteiger partial charge on any atom is -0.435 e. The summed E-state index contributed by atoms with van der Waals surface area (Å²) >= 11 is 0. The number of rotatable bonds is 6. The van der Waals surface area contributed by atoms with Crippen LogP contribution in [0.1, 0.15) is 12.5 Å². The Hall–Kier alpha value is -2.22. The Morgan fingerprint density at radius 2 is 1.86 bits per heavy atom. The van der Waals surface area contributed by atoms with E-state index in [0.29, 0.717) is 6.54 Å². The predicted octanol–water partition coefficient (Wildman–Crippen LogP) is 0.147. The van der Waals surface area contributed by atoms with Crippen LogP contribution in [0.4, 0.5) is 13.6 Å². The molecule has 0 heterocycles. The highest BCUT2D eigenvalue weighted by Gasteiger charge is 2.23. The van der Waals surface area contributed by atoms with Gasteiger partial charge in [0.05, 0.1) is 7.05 Å². The molecule has 1 aromatic carbocycles. The van der Waals surface area contributed by atoms with Crippen LogP contribution >= 0.6 is 0 Å². The topological polar surface area (TPSA) is 71.9 Å². The van der Waals surface area contributed by atoms with Crippen LogP contribution in [0.3, 0.4) is 0 Å². The van der Waals surface area contributed by atoms with E-state index in [4.69, 9.17) is 0 Å². The number of amides is 3. The maximum atomic E-state index is 12.1. The molecule has 0 aliphatic heterocycles. The molecule has 1 unspecified atom stereocenters. The van der Waals surface area contributed by atoms with Gasteiger partial charge in [-0.1, -0.05) is 0 Å². The molecule has 0 saturated heterocycles. The summed E-state index contributed by atoms with van der Waals surface area (Å²) in [5.41, 5.74) is 0.860. The fourth-order valence-electron chi connectivity index (χ4n) is 1.77. The summed E-state index contributed by atoms with van der Waals surface area (Å²) in [7, 11) is 3.23. The Balaban J connectivity index is 2.58. The zero-order valence-corrected chi connectivity index (χ0v) is 12.7. The number of hydrogen-bond acceptors (Lipinski definition) is 3. The Bertz CT molecular complexity index is 509. The lowest BCUT2D eigenvalue weighted by atomic mass is 10.2. The highest BCUT2D eigenvalue weighted by Crippen LogP contribution is 2.14. The number of alkyl halides is 2. The first-order valence-electron chi connectivity index (χ1n) is 6.72. The monoisotopic (exact) mass is 316 g/mol. The van der Waals surface area contributed by atoms with Crippen molar-refractivity contribution in [3.8, 4) is 5.75 Å². The van der Waals surface area contributed by atoms with E-state index in [1.54, 1.807) is 26.1 Å². The molecular formula is C14H20F2N3O3+. The standard InChI is InChI=1S/C14H19F2N3O3/c1-9(12(20)18-14(21)17-2)19(3)8-10-4-6-11(7-5-10)22-13(15)16/h4-7,9,13H,8H2,1-3H3,(H2,17,18,20,21)/p+1/t9-/m1/s1. The van der Waals surface area contributed by atoms with Crippen molar-refractivity contribution in [2.45, 2.75) is 26.1 Å². The lowest BCUT2D eigenvalue weighted by Crippen LogP contribution is -3.12. The molecule has 8 heteroatoms. The number of carbonyl (C=O) groups is 2. The van der Waals surface area contributed by atoms with E-state index < -0.39 is 24.6 Å². The van der Waals surface area contributed by atoms with Crippen molar-refractivity contribution < 1.29 is 28.0 Å². The molecule has 0 saturated carbocycles. The van der Waals surface area contributed by atoms with Crippen molar-refractivity contribution in [3.05, 3.63) is 29.8 Å². The Morgan fingerprint density at radius 1 is 1.27 bits per heavy atom. The summed E-state index contributed by atoms with van der Waals surface area (Å²) in [5.74, 6) is -0.309. The largest absolute Gasteiger partial charge is 0.435 e. The maximum Gasteiger partial charge on any atom is 0.387 e. The SMILES string of the molecule is CNC(=O)NC(=O)[C@@H](C)[NH+](C)Cc1ccc(OC(F)F)cc1. The summed E-state index contributed by atoms with van der Waals surface area (Å²) in [6.45, 7) is -0.660. The minimum atomic E-state index is -2.85. The van der Waals surface area contributed by atoms with Gasteiger partial charge in [0.2, 0.25) is 0 Å². The van der Waals surface area contributed by atoms with Crippen LogP contribution in [0.5, 0.6) is 5.75 Å². The van der Waals surface area contributed by atoms with E-state index in [1.165, 1.54) is 19.2 Å². The summed E-state index contributed by atoms with van der Waals surface area (Å²) in [4.78, 5) is 23.8. The summed E-state index contributed by atoms with van der Waals surface area (Å²) in [6, 6.07) is 5.20. The Morgan fingerprint density at radius 3 is 2.36 bits per heavy atom. The molecule has 0 spiro atoms. The fourth-order valence-corrected chi connectivity index (χ4v) is 1.77. The first kappa shape index (κ1) is 17.8. The second kappa shape index (κ2) is 8.28. The van der Waals surface area contributed by atoms with Gasteiger partial charge in [0.25, 0.3) is 5.91 Å². The van der Waals surface area contributed by atoms with Crippen LogP contribution in [0.2, 0.25) is 0 Å². The molecule has 0 fully saturated rings. The summed E-state index contributed by atoms with van der Waals surface area (Å²) in [6.07, 6.45) is 0. The first-order chi connectivity index (χ1) is 10.3. The number of hydrogen-bond donors (Lipinski definition) is 3. The van der Waals surface area contributed by atoms with Gasteiger partial charge < -0.3 is 15.0 Å². The Kier molecular flexibility index (Phi) is 6.71. The van der Waals surface area contributed by atoms with Crippen molar-refractivity contribution >= 4 is 11.9 Å². The zero-order valence-electron chi connectivity index (χ0n) is 12.7. The van der Waals surface area contributed by atoms with E-state index in [1.807, 2.05) is 0 Å². The highest BCUT2D eigenvalue weighted by molar-refractivity contribution is 5.96. The third-order valence-corrected chi connectivity index (χ3v) is 3.23. The third kappa shape index (κ3) is 5.65. The minimum absolute atomic E-state index is 0.0850. The molecule has 1 aromatic rings. The fraction of sp³-hybridized carbons (Fsp3) is 0.429. The van der Waals surface area contributed by atoms with Gasteiger partial charge in [0.1, 0.15) is 12.3 Å². The molecule has 22 heavy (non-hydrogen) atoms. The zero-order chi connectivity index (χ0) is 16.7. The number of quaternary nitrogens is 1. The molecule has 3 N–H and O–H groups in total. The van der Waals surface area contributed by atoms with Gasteiger partial charge >= 0.3 is 12.6 Å². The molecule has 2 atom stereocenters. The van der Waals surface area contributed by atoms with Crippen LogP contribution in [0, 0.1) is 0 Å². The van der Waals surface area contributed by atoms with Gasteiger partial charge in [0.15, 0.2) is 6.04 Å². The van der Waals surface area contributed by atoms with E-state index >= 15 is 0 Å². The van der Waals surface area contributed by atoms with Crippen molar-refractivity contribution in [2.24, 2.45) is 0 Å². The molecule has 0 aromatic heterocycles. The summed E-state index contributed by atoms with van der Waals surface area (Å²) in [5, 5.41) is 4.52. The van der Waals surface area contributed by atoms with Gasteiger partial charge in [-0.3, -0.25) is 10.1 Å². The first-order valence-corrected chi connectivity index (χ1v) is 6.72. The van der Waals surface area contributed by atoms with E-state index in [9.17, 15) is 18.4 Å². The van der Waals surface area contributed by atoms with Crippen molar-refractivity contribution in [1.29, 1.82) is 0 Å². The van der Waals surface area contributed by atoms with E-state index in [-0.39, 0.29) is 5.75 Å². The van der Waals surface area contributed by atoms with E-state index in [2.05, 4.69) is 15.4 Å². The highest BCUT2D eigenvalue weighted by atomic mass is 19.3. The number of likely N-dealkylation sites (N-methyl/N-ethyl adjacent to an activating group) is 1. The van der Waals surface area contributed by atoms with Gasteiger partial charge in [-0.2, -0.15) is 8.78 Å². The average Bonchev–Trinajstić information content (AvgIpc) is 2.47. The molecule has 1 rings (SSSR count). The Labute approximate surface area is 127 Å². The van der Waals surface area contributed by atoms with Crippen LogP contribution < -0.4 is 20.3 Å². The van der Waals surface area contributed by atoms with Gasteiger partial charge in [0, 0.05) is 12.6 Å². The van der Waals surface area contributed by atoms with Gasteiger partial charge in [-0.15, -0.1) is 0 Å². The van der Waals surface area contributed by atoms with E-state index in [0.717, 1.165) is 10.5 Å². The maximum absolute atomic E-state index is 12.1.